The summed E-state index contributed by atoms with van der Waals surface area (Å²) in [5.41, 5.74) is 0. The van der Waals surface area contributed by atoms with Crippen molar-refractivity contribution in [1.82, 2.24) is 15.5 Å². The second kappa shape index (κ2) is 5.97. The van der Waals surface area contributed by atoms with E-state index >= 15 is 0 Å². The summed E-state index contributed by atoms with van der Waals surface area (Å²) in [6.45, 7) is 9.01. The van der Waals surface area contributed by atoms with Crippen molar-refractivity contribution in [1.29, 1.82) is 0 Å². The predicted octanol–water partition coefficient (Wildman–Crippen LogP) is 0.652. The largest absolute Gasteiger partial charge is 0.407 e. The van der Waals surface area contributed by atoms with Crippen LogP contribution in [0.3, 0.4) is 0 Å². The molecule has 0 aromatic carbocycles. The number of anilines is 1. The van der Waals surface area contributed by atoms with Gasteiger partial charge in [0, 0.05) is 13.1 Å². The van der Waals surface area contributed by atoms with E-state index in [1.54, 1.807) is 0 Å². The van der Waals surface area contributed by atoms with E-state index < -0.39 is 0 Å². The zero-order valence-corrected chi connectivity index (χ0v) is 10.5. The average molecular weight is 240 g/mol. The maximum absolute atomic E-state index is 5.59. The molecule has 1 aliphatic heterocycles. The van der Waals surface area contributed by atoms with Gasteiger partial charge in [-0.25, -0.2) is 0 Å². The molecule has 0 unspecified atom stereocenters. The van der Waals surface area contributed by atoms with Crippen molar-refractivity contribution in [3.05, 3.63) is 5.89 Å². The highest BCUT2D eigenvalue weighted by molar-refractivity contribution is 5.24. The summed E-state index contributed by atoms with van der Waals surface area (Å²) in [6, 6.07) is 0.606. The zero-order chi connectivity index (χ0) is 12.1. The van der Waals surface area contributed by atoms with Gasteiger partial charge in [-0.1, -0.05) is 18.9 Å². The fourth-order valence-electron chi connectivity index (χ4n) is 1.67. The third-order valence-electron chi connectivity index (χ3n) is 2.57. The van der Waals surface area contributed by atoms with Gasteiger partial charge < -0.3 is 19.4 Å². The van der Waals surface area contributed by atoms with Gasteiger partial charge in [0.15, 0.2) is 0 Å². The van der Waals surface area contributed by atoms with E-state index in [1.807, 2.05) is 0 Å². The van der Waals surface area contributed by atoms with Gasteiger partial charge in [-0.3, -0.25) is 0 Å². The molecule has 0 bridgehead atoms. The van der Waals surface area contributed by atoms with E-state index in [2.05, 4.69) is 34.3 Å². The van der Waals surface area contributed by atoms with Crippen molar-refractivity contribution in [3.8, 4) is 0 Å². The van der Waals surface area contributed by atoms with Gasteiger partial charge in [-0.15, -0.1) is 5.10 Å². The molecule has 0 saturated carbocycles. The van der Waals surface area contributed by atoms with E-state index in [-0.39, 0.29) is 0 Å². The average Bonchev–Trinajstić information content (AvgIpc) is 2.78. The molecule has 1 aliphatic rings. The molecule has 0 spiro atoms. The fraction of sp³-hybridized carbons (Fsp3) is 0.818. The van der Waals surface area contributed by atoms with Gasteiger partial charge in [-0.05, 0) is 12.5 Å². The zero-order valence-electron chi connectivity index (χ0n) is 10.5. The number of aromatic nitrogens is 2. The normalized spacial score (nSPS) is 16.8. The standard InChI is InChI=1S/C11H20N4O2/c1-9(2)7-12-8-10-13-14-11(17-10)15-3-5-16-6-4-15/h9,12H,3-8H2,1-2H3. The van der Waals surface area contributed by atoms with Gasteiger partial charge in [0.2, 0.25) is 5.89 Å². The van der Waals surface area contributed by atoms with Gasteiger partial charge in [0.05, 0.1) is 19.8 Å². The Morgan fingerprint density at radius 1 is 1.29 bits per heavy atom. The molecule has 6 heteroatoms. The fourth-order valence-corrected chi connectivity index (χ4v) is 1.67. The number of nitrogens with one attached hydrogen (secondary N) is 1. The SMILES string of the molecule is CC(C)CNCc1nnc(N2CCOCC2)o1. The first-order chi connectivity index (χ1) is 8.25. The van der Waals surface area contributed by atoms with E-state index in [1.165, 1.54) is 0 Å². The molecule has 6 nitrogen and oxygen atoms in total. The first-order valence-corrected chi connectivity index (χ1v) is 6.11. The predicted molar refractivity (Wildman–Crippen MR) is 63.9 cm³/mol. The molecule has 1 saturated heterocycles. The van der Waals surface area contributed by atoms with Gasteiger partial charge in [0.1, 0.15) is 0 Å². The Morgan fingerprint density at radius 2 is 2.06 bits per heavy atom. The van der Waals surface area contributed by atoms with Crippen LogP contribution in [0.25, 0.3) is 0 Å². The van der Waals surface area contributed by atoms with Crippen molar-refractivity contribution in [2.24, 2.45) is 5.92 Å². The van der Waals surface area contributed by atoms with Crippen LogP contribution in [0.2, 0.25) is 0 Å². The summed E-state index contributed by atoms with van der Waals surface area (Å²) >= 11 is 0. The van der Waals surface area contributed by atoms with Crippen molar-refractivity contribution in [3.63, 3.8) is 0 Å². The van der Waals surface area contributed by atoms with Crippen molar-refractivity contribution < 1.29 is 9.15 Å². The molecular formula is C11H20N4O2. The van der Waals surface area contributed by atoms with E-state index in [9.17, 15) is 0 Å². The van der Waals surface area contributed by atoms with Crippen LogP contribution in [0, 0.1) is 5.92 Å². The second-order valence-corrected chi connectivity index (χ2v) is 4.60. The van der Waals surface area contributed by atoms with Crippen LogP contribution < -0.4 is 10.2 Å². The first-order valence-electron chi connectivity index (χ1n) is 6.11. The summed E-state index contributed by atoms with van der Waals surface area (Å²) in [5, 5.41) is 11.4. The first kappa shape index (κ1) is 12.3. The molecule has 96 valence electrons. The summed E-state index contributed by atoms with van der Waals surface area (Å²) in [5.74, 6) is 1.27. The van der Waals surface area contributed by atoms with Gasteiger partial charge in [0.25, 0.3) is 0 Å². The molecule has 2 rings (SSSR count). The lowest BCUT2D eigenvalue weighted by Gasteiger charge is -2.24. The number of ether oxygens (including phenoxy) is 1. The van der Waals surface area contributed by atoms with Gasteiger partial charge in [-0.2, -0.15) is 0 Å². The summed E-state index contributed by atoms with van der Waals surface area (Å²) < 4.78 is 10.9. The Bertz CT molecular complexity index is 334. The topological polar surface area (TPSA) is 63.4 Å². The molecule has 1 aromatic heterocycles. The molecule has 0 aliphatic carbocycles. The number of hydrogen-bond acceptors (Lipinski definition) is 6. The monoisotopic (exact) mass is 240 g/mol. The molecule has 1 aromatic rings. The Kier molecular flexibility index (Phi) is 4.33. The van der Waals surface area contributed by atoms with Crippen LogP contribution in [-0.2, 0) is 11.3 Å². The van der Waals surface area contributed by atoms with Crippen LogP contribution >= 0.6 is 0 Å². The highest BCUT2D eigenvalue weighted by Gasteiger charge is 2.17. The third-order valence-corrected chi connectivity index (χ3v) is 2.57. The quantitative estimate of drug-likeness (QED) is 0.815. The van der Waals surface area contributed by atoms with Crippen LogP contribution in [0.15, 0.2) is 4.42 Å². The van der Waals surface area contributed by atoms with Gasteiger partial charge >= 0.3 is 6.01 Å². The minimum Gasteiger partial charge on any atom is -0.407 e. The minimum atomic E-state index is 0.606. The molecule has 0 atom stereocenters. The smallest absolute Gasteiger partial charge is 0.318 e. The highest BCUT2D eigenvalue weighted by atomic mass is 16.5. The maximum Gasteiger partial charge on any atom is 0.318 e. The van der Waals surface area contributed by atoms with E-state index in [4.69, 9.17) is 9.15 Å². The Morgan fingerprint density at radius 3 is 2.76 bits per heavy atom. The number of morpholine rings is 1. The van der Waals surface area contributed by atoms with Crippen molar-refractivity contribution in [2.45, 2.75) is 20.4 Å². The lowest BCUT2D eigenvalue weighted by Crippen LogP contribution is -2.36. The van der Waals surface area contributed by atoms with Crippen molar-refractivity contribution >= 4 is 6.01 Å². The second-order valence-electron chi connectivity index (χ2n) is 4.60. The molecule has 1 fully saturated rings. The molecular weight excluding hydrogens is 220 g/mol. The summed E-state index contributed by atoms with van der Waals surface area (Å²) in [6.07, 6.45) is 0. The van der Waals surface area contributed by atoms with Crippen LogP contribution in [0.5, 0.6) is 0 Å². The lowest BCUT2D eigenvalue weighted by atomic mass is 10.2. The Balaban J connectivity index is 1.82. The van der Waals surface area contributed by atoms with Crippen LogP contribution in [0.1, 0.15) is 19.7 Å². The molecule has 17 heavy (non-hydrogen) atoms. The number of nitrogens with zero attached hydrogens (tertiary/aromatic N) is 3. The Hall–Kier alpha value is -1.14. The number of rotatable bonds is 5. The van der Waals surface area contributed by atoms with Crippen LogP contribution in [0.4, 0.5) is 6.01 Å². The summed E-state index contributed by atoms with van der Waals surface area (Å²) in [4.78, 5) is 2.06. The van der Waals surface area contributed by atoms with Crippen molar-refractivity contribution in [2.75, 3.05) is 37.7 Å². The minimum absolute atomic E-state index is 0.606. The molecule has 0 amide bonds. The highest BCUT2D eigenvalue weighted by Crippen LogP contribution is 2.13. The van der Waals surface area contributed by atoms with E-state index in [0.29, 0.717) is 24.4 Å². The summed E-state index contributed by atoms with van der Waals surface area (Å²) in [7, 11) is 0. The molecule has 2 heterocycles. The van der Waals surface area contributed by atoms with Crippen LogP contribution in [-0.4, -0.2) is 43.0 Å². The molecule has 1 N–H and O–H groups in total. The third kappa shape index (κ3) is 3.67. The molecule has 0 radical (unpaired) electrons. The van der Waals surface area contributed by atoms with E-state index in [0.717, 1.165) is 32.8 Å². The lowest BCUT2D eigenvalue weighted by molar-refractivity contribution is 0.120. The Labute approximate surface area is 101 Å². The number of hydrogen-bond donors (Lipinski definition) is 1. The maximum atomic E-state index is 5.59.